The first-order valence-corrected chi connectivity index (χ1v) is 7.35. The number of carbonyl (C=O) groups is 2. The van der Waals surface area contributed by atoms with Gasteiger partial charge in [-0.05, 0) is 25.0 Å². The Balaban J connectivity index is 2.29. The lowest BCUT2D eigenvalue weighted by Crippen LogP contribution is -2.45. The molecule has 1 atom stereocenters. The van der Waals surface area contributed by atoms with Crippen LogP contribution in [-0.2, 0) is 4.79 Å². The summed E-state index contributed by atoms with van der Waals surface area (Å²) in [7, 11) is 3.36. The number of likely N-dealkylation sites (tertiary alicyclic amines) is 1. The van der Waals surface area contributed by atoms with Gasteiger partial charge in [-0.3, -0.25) is 9.59 Å². The lowest BCUT2D eigenvalue weighted by atomic mass is 10.1. The van der Waals surface area contributed by atoms with Gasteiger partial charge in [-0.1, -0.05) is 23.2 Å². The molecule has 2 N–H and O–H groups in total. The van der Waals surface area contributed by atoms with Crippen LogP contribution in [0.25, 0.3) is 0 Å². The van der Waals surface area contributed by atoms with E-state index in [4.69, 9.17) is 28.9 Å². The van der Waals surface area contributed by atoms with Gasteiger partial charge in [0.15, 0.2) is 0 Å². The number of nitrogen functional groups attached to an aromatic ring is 1. The molecule has 2 amide bonds. The second-order valence-electron chi connectivity index (χ2n) is 5.25. The van der Waals surface area contributed by atoms with Crippen molar-refractivity contribution in [1.29, 1.82) is 0 Å². The van der Waals surface area contributed by atoms with Crippen molar-refractivity contribution in [2.75, 3.05) is 26.4 Å². The number of likely N-dealkylation sites (N-methyl/N-ethyl adjacent to an activating group) is 1. The van der Waals surface area contributed by atoms with Gasteiger partial charge in [0.05, 0.1) is 15.7 Å². The summed E-state index contributed by atoms with van der Waals surface area (Å²) in [5.74, 6) is -0.327. The third-order valence-corrected chi connectivity index (χ3v) is 4.36. The maximum Gasteiger partial charge on any atom is 0.254 e. The van der Waals surface area contributed by atoms with Crippen LogP contribution < -0.4 is 5.73 Å². The van der Waals surface area contributed by atoms with Gasteiger partial charge in [-0.25, -0.2) is 0 Å². The maximum absolute atomic E-state index is 12.6. The third kappa shape index (κ3) is 3.09. The van der Waals surface area contributed by atoms with Crippen molar-refractivity contribution in [3.8, 4) is 0 Å². The van der Waals surface area contributed by atoms with Crippen LogP contribution >= 0.6 is 23.2 Å². The van der Waals surface area contributed by atoms with Gasteiger partial charge in [-0.2, -0.15) is 0 Å². The minimum absolute atomic E-state index is 0.0751. The first-order valence-electron chi connectivity index (χ1n) is 6.59. The van der Waals surface area contributed by atoms with Crippen molar-refractivity contribution in [3.05, 3.63) is 27.7 Å². The lowest BCUT2D eigenvalue weighted by Gasteiger charge is -2.26. The molecule has 1 heterocycles. The first kappa shape index (κ1) is 15.9. The molecule has 1 aliphatic heterocycles. The summed E-state index contributed by atoms with van der Waals surface area (Å²) in [4.78, 5) is 27.8. The topological polar surface area (TPSA) is 66.6 Å². The van der Waals surface area contributed by atoms with E-state index in [0.717, 1.165) is 6.42 Å². The predicted octanol–water partition coefficient (Wildman–Crippen LogP) is 2.27. The summed E-state index contributed by atoms with van der Waals surface area (Å²) in [6, 6.07) is 2.55. The van der Waals surface area contributed by atoms with Gasteiger partial charge in [0.1, 0.15) is 6.04 Å². The molecular weight excluding hydrogens is 313 g/mol. The van der Waals surface area contributed by atoms with Crippen molar-refractivity contribution in [3.63, 3.8) is 0 Å². The van der Waals surface area contributed by atoms with E-state index >= 15 is 0 Å². The van der Waals surface area contributed by atoms with E-state index in [1.165, 1.54) is 17.0 Å². The summed E-state index contributed by atoms with van der Waals surface area (Å²) in [5, 5.41) is 0.463. The van der Waals surface area contributed by atoms with Crippen molar-refractivity contribution in [2.45, 2.75) is 18.9 Å². The Kier molecular flexibility index (Phi) is 4.64. The van der Waals surface area contributed by atoms with Gasteiger partial charge in [0.2, 0.25) is 5.91 Å². The van der Waals surface area contributed by atoms with Crippen LogP contribution in [-0.4, -0.2) is 48.3 Å². The van der Waals surface area contributed by atoms with Crippen LogP contribution in [0.15, 0.2) is 12.1 Å². The van der Waals surface area contributed by atoms with Gasteiger partial charge in [0, 0.05) is 26.2 Å². The number of carbonyl (C=O) groups excluding carboxylic acids is 2. The quantitative estimate of drug-likeness (QED) is 0.846. The highest BCUT2D eigenvalue weighted by Gasteiger charge is 2.35. The molecule has 114 valence electrons. The number of nitrogens with two attached hydrogens (primary N) is 1. The fraction of sp³-hybridized carbons (Fsp3) is 0.429. The number of hydrogen-bond acceptors (Lipinski definition) is 3. The first-order chi connectivity index (χ1) is 9.82. The summed E-state index contributed by atoms with van der Waals surface area (Å²) < 4.78 is 0. The molecular formula is C14H17Cl2N3O2. The van der Waals surface area contributed by atoms with E-state index in [9.17, 15) is 9.59 Å². The highest BCUT2D eigenvalue weighted by molar-refractivity contribution is 6.43. The van der Waals surface area contributed by atoms with Crippen molar-refractivity contribution < 1.29 is 9.59 Å². The Morgan fingerprint density at radius 1 is 1.33 bits per heavy atom. The summed E-state index contributed by atoms with van der Waals surface area (Å²) in [6.07, 6.45) is 1.46. The number of nitrogens with zero attached hydrogens (tertiary/aromatic N) is 2. The molecule has 1 unspecified atom stereocenters. The summed E-state index contributed by atoms with van der Waals surface area (Å²) in [5.41, 5.74) is 6.34. The molecule has 1 aliphatic rings. The summed E-state index contributed by atoms with van der Waals surface area (Å²) >= 11 is 11.9. The molecule has 2 rings (SSSR count). The number of anilines is 1. The average molecular weight is 330 g/mol. The number of amides is 2. The van der Waals surface area contributed by atoms with Crippen molar-refractivity contribution in [2.24, 2.45) is 0 Å². The van der Waals surface area contributed by atoms with E-state index in [0.29, 0.717) is 18.5 Å². The fourth-order valence-electron chi connectivity index (χ4n) is 2.46. The van der Waals surface area contributed by atoms with Crippen LogP contribution in [0.3, 0.4) is 0 Å². The molecule has 0 bridgehead atoms. The number of benzene rings is 1. The zero-order valence-corrected chi connectivity index (χ0v) is 13.4. The van der Waals surface area contributed by atoms with Gasteiger partial charge >= 0.3 is 0 Å². The molecule has 5 nitrogen and oxygen atoms in total. The zero-order chi connectivity index (χ0) is 15.7. The fourth-order valence-corrected chi connectivity index (χ4v) is 2.80. The smallest absolute Gasteiger partial charge is 0.254 e. The third-order valence-electron chi connectivity index (χ3n) is 3.54. The van der Waals surface area contributed by atoms with E-state index in [1.807, 2.05) is 0 Å². The van der Waals surface area contributed by atoms with E-state index in [2.05, 4.69) is 0 Å². The molecule has 1 saturated heterocycles. The SMILES string of the molecule is CN(C)C(=O)C1CCCN1C(=O)c1cc(N)c(Cl)c(Cl)c1. The molecule has 0 saturated carbocycles. The lowest BCUT2D eigenvalue weighted by molar-refractivity contribution is -0.132. The molecule has 1 fully saturated rings. The van der Waals surface area contributed by atoms with Gasteiger partial charge in [0.25, 0.3) is 5.91 Å². The largest absolute Gasteiger partial charge is 0.397 e. The molecule has 1 aromatic rings. The number of hydrogen-bond donors (Lipinski definition) is 1. The van der Waals surface area contributed by atoms with Crippen molar-refractivity contribution >= 4 is 40.7 Å². The van der Waals surface area contributed by atoms with Gasteiger partial charge < -0.3 is 15.5 Å². The highest BCUT2D eigenvalue weighted by atomic mass is 35.5. The van der Waals surface area contributed by atoms with E-state index in [-0.39, 0.29) is 27.5 Å². The number of halogens is 2. The van der Waals surface area contributed by atoms with Crippen LogP contribution in [0.4, 0.5) is 5.69 Å². The molecule has 7 heteroatoms. The Labute approximate surface area is 133 Å². The van der Waals surface area contributed by atoms with Crippen LogP contribution in [0.5, 0.6) is 0 Å². The number of rotatable bonds is 2. The molecule has 21 heavy (non-hydrogen) atoms. The molecule has 0 radical (unpaired) electrons. The Morgan fingerprint density at radius 2 is 2.00 bits per heavy atom. The zero-order valence-electron chi connectivity index (χ0n) is 11.9. The Morgan fingerprint density at radius 3 is 2.57 bits per heavy atom. The van der Waals surface area contributed by atoms with Gasteiger partial charge in [-0.15, -0.1) is 0 Å². The van der Waals surface area contributed by atoms with Crippen LogP contribution in [0, 0.1) is 0 Å². The molecule has 0 aromatic heterocycles. The highest BCUT2D eigenvalue weighted by Crippen LogP contribution is 2.31. The van der Waals surface area contributed by atoms with Crippen LogP contribution in [0.2, 0.25) is 10.0 Å². The molecule has 0 spiro atoms. The standard InChI is InChI=1S/C14H17Cl2N3O2/c1-18(2)14(21)11-4-3-5-19(11)13(20)8-6-9(15)12(16)10(17)7-8/h6-7,11H,3-5,17H2,1-2H3. The van der Waals surface area contributed by atoms with Crippen molar-refractivity contribution in [1.82, 2.24) is 9.80 Å². The Hall–Kier alpha value is -1.46. The van der Waals surface area contributed by atoms with E-state index < -0.39 is 6.04 Å². The Bertz CT molecular complexity index is 567. The predicted molar refractivity (Wildman–Crippen MR) is 83.6 cm³/mol. The minimum Gasteiger partial charge on any atom is -0.397 e. The van der Waals surface area contributed by atoms with Crippen LogP contribution in [0.1, 0.15) is 23.2 Å². The summed E-state index contributed by atoms with van der Waals surface area (Å²) in [6.45, 7) is 0.545. The normalized spacial score (nSPS) is 17.9. The second kappa shape index (κ2) is 6.12. The second-order valence-corrected chi connectivity index (χ2v) is 6.04. The van der Waals surface area contributed by atoms with E-state index in [1.54, 1.807) is 19.0 Å². The monoisotopic (exact) mass is 329 g/mol. The average Bonchev–Trinajstić information content (AvgIpc) is 2.91. The molecule has 1 aromatic carbocycles. The minimum atomic E-state index is -0.428. The molecule has 0 aliphatic carbocycles. The maximum atomic E-state index is 12.6.